The van der Waals surface area contributed by atoms with E-state index in [0.717, 1.165) is 68.7 Å². The Morgan fingerprint density at radius 3 is 2.84 bits per heavy atom. The molecule has 1 saturated carbocycles. The number of carbonyl (C=O) groups is 1. The third kappa shape index (κ3) is 6.26. The first-order chi connectivity index (χ1) is 18.4. The minimum Gasteiger partial charge on any atom is -0.468 e. The summed E-state index contributed by atoms with van der Waals surface area (Å²) < 4.78 is 37.8. The van der Waals surface area contributed by atoms with Crippen LogP contribution in [0.4, 0.5) is 14.6 Å². The molecule has 0 aromatic carbocycles. The fourth-order valence-electron chi connectivity index (χ4n) is 5.83. The van der Waals surface area contributed by atoms with Crippen LogP contribution >= 0.6 is 22.9 Å². The van der Waals surface area contributed by atoms with Gasteiger partial charge in [0.2, 0.25) is 0 Å². The zero-order chi connectivity index (χ0) is 26.7. The predicted molar refractivity (Wildman–Crippen MR) is 149 cm³/mol. The van der Waals surface area contributed by atoms with E-state index in [1.54, 1.807) is 6.20 Å². The predicted octanol–water partition coefficient (Wildman–Crippen LogP) is 5.83. The maximum absolute atomic E-state index is 15.3. The number of ether oxygens (including phenoxy) is 1. The number of rotatable bonds is 11. The number of pyridine rings is 1. The molecule has 0 radical (unpaired) electrons. The number of hydrogen-bond acceptors (Lipinski definition) is 7. The first kappa shape index (κ1) is 27.6. The van der Waals surface area contributed by atoms with Gasteiger partial charge in [-0.15, -0.1) is 0 Å². The fraction of sp³-hybridized carbons (Fsp3) is 0.643. The van der Waals surface area contributed by atoms with E-state index in [9.17, 15) is 4.79 Å². The molecule has 1 aliphatic carbocycles. The molecule has 4 heterocycles. The highest BCUT2D eigenvalue weighted by Crippen LogP contribution is 2.44. The number of fused-ring (bicyclic) bond motifs is 1. The van der Waals surface area contributed by atoms with Crippen LogP contribution in [-0.4, -0.2) is 58.5 Å². The van der Waals surface area contributed by atoms with Gasteiger partial charge < -0.3 is 4.74 Å². The first-order valence-corrected chi connectivity index (χ1v) is 14.8. The molecule has 10 heteroatoms. The fourth-order valence-corrected chi connectivity index (χ4v) is 6.59. The van der Waals surface area contributed by atoms with Gasteiger partial charge in [0.15, 0.2) is 0 Å². The van der Waals surface area contributed by atoms with Crippen molar-refractivity contribution in [1.82, 2.24) is 19.9 Å². The van der Waals surface area contributed by atoms with Crippen LogP contribution in [-0.2, 0) is 22.4 Å². The first-order valence-electron chi connectivity index (χ1n) is 13.8. The Labute approximate surface area is 237 Å². The van der Waals surface area contributed by atoms with Crippen molar-refractivity contribution in [2.45, 2.75) is 82.1 Å². The van der Waals surface area contributed by atoms with Crippen LogP contribution < -0.4 is 3.11 Å². The topological polar surface area (TPSA) is 71.5 Å². The van der Waals surface area contributed by atoms with E-state index in [1.807, 2.05) is 4.90 Å². The molecular formula is C28H36F2IN5O2. The number of halogens is 3. The highest BCUT2D eigenvalue weighted by molar-refractivity contribution is 14.1. The van der Waals surface area contributed by atoms with Gasteiger partial charge in [0, 0.05) is 48.8 Å². The van der Waals surface area contributed by atoms with E-state index in [1.165, 1.54) is 19.0 Å². The van der Waals surface area contributed by atoms with Crippen LogP contribution in [0.25, 0.3) is 0 Å². The highest BCUT2D eigenvalue weighted by atomic mass is 127. The van der Waals surface area contributed by atoms with Gasteiger partial charge in [-0.3, -0.25) is 8.01 Å². The van der Waals surface area contributed by atoms with Crippen LogP contribution in [0.5, 0.6) is 0 Å². The van der Waals surface area contributed by atoms with Gasteiger partial charge in [0.25, 0.3) is 5.92 Å². The molecule has 2 aliphatic heterocycles. The molecule has 7 nitrogen and oxygen atoms in total. The van der Waals surface area contributed by atoms with E-state index in [4.69, 9.17) is 9.72 Å². The summed E-state index contributed by atoms with van der Waals surface area (Å²) in [5.74, 6) is -2.61. The number of hydrogen-bond donors (Lipinski definition) is 0. The average Bonchev–Trinajstić information content (AvgIpc) is 3.65. The molecule has 3 aliphatic rings. The zero-order valence-corrected chi connectivity index (χ0v) is 24.1. The van der Waals surface area contributed by atoms with Crippen molar-refractivity contribution >= 4 is 34.7 Å². The van der Waals surface area contributed by atoms with Gasteiger partial charge in [-0.05, 0) is 69.5 Å². The van der Waals surface area contributed by atoms with Crippen LogP contribution in [0.3, 0.4) is 0 Å². The Hall–Kier alpha value is -1.95. The van der Waals surface area contributed by atoms with Crippen molar-refractivity contribution in [3.8, 4) is 0 Å². The summed E-state index contributed by atoms with van der Waals surface area (Å²) in [6, 6.07) is 3.51. The summed E-state index contributed by atoms with van der Waals surface area (Å²) >= 11 is 2.32. The van der Waals surface area contributed by atoms with Crippen LogP contribution in [0.1, 0.15) is 85.8 Å². The average molecular weight is 640 g/mol. The highest BCUT2D eigenvalue weighted by Gasteiger charge is 2.46. The molecule has 2 atom stereocenters. The Balaban J connectivity index is 1.13. The normalized spacial score (nSPS) is 20.8. The lowest BCUT2D eigenvalue weighted by Gasteiger charge is -2.28. The van der Waals surface area contributed by atoms with Crippen molar-refractivity contribution in [3.05, 3.63) is 47.2 Å². The molecule has 2 fully saturated rings. The summed E-state index contributed by atoms with van der Waals surface area (Å²) in [5, 5.41) is 0. The van der Waals surface area contributed by atoms with Crippen molar-refractivity contribution in [2.24, 2.45) is 5.92 Å². The maximum atomic E-state index is 15.3. The minimum atomic E-state index is -2.77. The molecule has 2 aromatic rings. The standard InChI is InChI=1S/C28H36F2IN5O2/c1-38-27(37)25(23-16-32-18-33-24(23)19-8-9-19)35-15-12-21(17-35)28(29,30)13-4-2-3-7-22-11-10-20-6-5-14-36(31)26(20)34-22/h10-11,16,18-19,21,25H,2-9,12-15,17H2,1H3/t21-,25?/m1/s1. The van der Waals surface area contributed by atoms with E-state index >= 15 is 8.78 Å². The number of alkyl halides is 2. The number of unbranched alkanes of at least 4 members (excludes halogenated alkanes) is 2. The van der Waals surface area contributed by atoms with Crippen LogP contribution in [0.2, 0.25) is 0 Å². The van der Waals surface area contributed by atoms with E-state index in [0.29, 0.717) is 30.9 Å². The smallest absolute Gasteiger partial charge is 0.327 e. The Morgan fingerprint density at radius 1 is 1.21 bits per heavy atom. The molecule has 0 bridgehead atoms. The molecule has 206 valence electrons. The van der Waals surface area contributed by atoms with Crippen LogP contribution in [0, 0.1) is 5.92 Å². The number of methoxy groups -OCH3 is 1. The number of aryl methyl sites for hydroxylation is 2. The third-order valence-corrected chi connectivity index (χ3v) is 9.06. The monoisotopic (exact) mass is 639 g/mol. The summed E-state index contributed by atoms with van der Waals surface area (Å²) in [6.45, 7) is 1.60. The van der Waals surface area contributed by atoms with Gasteiger partial charge in [-0.25, -0.2) is 28.5 Å². The molecule has 0 amide bonds. The molecule has 0 spiro atoms. The van der Waals surface area contributed by atoms with Gasteiger partial charge in [-0.1, -0.05) is 12.5 Å². The number of nitrogens with zero attached hydrogens (tertiary/aromatic N) is 5. The SMILES string of the molecule is COC(=O)C(c1cncnc1C1CC1)N1CC[C@@H](C(F)(F)CCCCCc2ccc3c(n2)N(I)CCC3)C1. The lowest BCUT2D eigenvalue weighted by Crippen LogP contribution is -2.37. The number of aromatic nitrogens is 3. The summed E-state index contributed by atoms with van der Waals surface area (Å²) in [4.78, 5) is 28.0. The number of likely N-dealkylation sites (tertiary alicyclic amines) is 1. The molecular weight excluding hydrogens is 603 g/mol. The van der Waals surface area contributed by atoms with Crippen LogP contribution in [0.15, 0.2) is 24.7 Å². The molecule has 5 rings (SSSR count). The molecule has 38 heavy (non-hydrogen) atoms. The summed E-state index contributed by atoms with van der Waals surface area (Å²) in [5.41, 5.74) is 3.88. The largest absolute Gasteiger partial charge is 0.468 e. The minimum absolute atomic E-state index is 0.130. The number of esters is 1. The maximum Gasteiger partial charge on any atom is 0.327 e. The third-order valence-electron chi connectivity index (χ3n) is 8.13. The second-order valence-corrected chi connectivity index (χ2v) is 12.0. The van der Waals surface area contributed by atoms with Gasteiger partial charge >= 0.3 is 5.97 Å². The van der Waals surface area contributed by atoms with Gasteiger partial charge in [0.1, 0.15) is 18.2 Å². The lowest BCUT2D eigenvalue weighted by atomic mass is 9.95. The lowest BCUT2D eigenvalue weighted by molar-refractivity contribution is -0.147. The quantitative estimate of drug-likeness (QED) is 0.133. The second-order valence-electron chi connectivity index (χ2n) is 10.8. The van der Waals surface area contributed by atoms with Gasteiger partial charge in [0.05, 0.1) is 35.7 Å². The zero-order valence-electron chi connectivity index (χ0n) is 21.9. The van der Waals surface area contributed by atoms with Gasteiger partial charge in [-0.2, -0.15) is 0 Å². The van der Waals surface area contributed by atoms with Crippen molar-refractivity contribution in [3.63, 3.8) is 0 Å². The van der Waals surface area contributed by atoms with E-state index in [2.05, 4.69) is 48.1 Å². The molecule has 2 aromatic heterocycles. The van der Waals surface area contributed by atoms with Crippen molar-refractivity contribution < 1.29 is 18.3 Å². The molecule has 1 saturated heterocycles. The number of anilines is 1. The summed E-state index contributed by atoms with van der Waals surface area (Å²) in [6.07, 6.45) is 10.5. The van der Waals surface area contributed by atoms with Crippen molar-refractivity contribution in [1.29, 1.82) is 0 Å². The molecule has 1 unspecified atom stereocenters. The van der Waals surface area contributed by atoms with E-state index in [-0.39, 0.29) is 13.0 Å². The second kappa shape index (κ2) is 12.1. The Bertz CT molecular complexity index is 1130. The van der Waals surface area contributed by atoms with Crippen molar-refractivity contribution in [2.75, 3.05) is 29.9 Å². The summed E-state index contributed by atoms with van der Waals surface area (Å²) in [7, 11) is 1.34. The molecule has 0 N–H and O–H groups in total. The number of carbonyl (C=O) groups excluding carboxylic acids is 1. The van der Waals surface area contributed by atoms with E-state index < -0.39 is 23.9 Å². The Kier molecular flexibility index (Phi) is 8.76. The Morgan fingerprint density at radius 2 is 2.05 bits per heavy atom.